The minimum absolute atomic E-state index is 0.122. The van der Waals surface area contributed by atoms with Gasteiger partial charge in [-0.3, -0.25) is 0 Å². The molecule has 0 saturated carbocycles. The molecule has 2 atom stereocenters. The lowest BCUT2D eigenvalue weighted by Crippen LogP contribution is -2.40. The number of piperidine rings is 1. The Morgan fingerprint density at radius 1 is 0.853 bits per heavy atom. The molecule has 0 amide bonds. The van der Waals surface area contributed by atoms with Crippen LogP contribution in [0.25, 0.3) is 0 Å². The van der Waals surface area contributed by atoms with Gasteiger partial charge in [0.25, 0.3) is 0 Å². The van der Waals surface area contributed by atoms with E-state index < -0.39 is 10.0 Å². The summed E-state index contributed by atoms with van der Waals surface area (Å²) in [4.78, 5) is 2.91. The van der Waals surface area contributed by atoms with Gasteiger partial charge in [-0.1, -0.05) is 85.8 Å². The third-order valence-corrected chi connectivity index (χ3v) is 9.06. The van der Waals surface area contributed by atoms with Crippen molar-refractivity contribution < 1.29 is 8.42 Å². The standard InChI is InChI=1S/C29H36N2O2S/c1-24(22-31-20-18-26(19-21-31)25-12-6-3-7-13-25)29(27-14-8-4-9-15-27)23-30(2)34(32,33)28-16-10-5-11-17-28/h3-17,24,26,29H,18-23H2,1-2H3. The molecule has 1 saturated heterocycles. The van der Waals surface area contributed by atoms with E-state index in [0.717, 1.165) is 19.6 Å². The largest absolute Gasteiger partial charge is 0.303 e. The van der Waals surface area contributed by atoms with E-state index in [4.69, 9.17) is 0 Å². The van der Waals surface area contributed by atoms with Crippen LogP contribution >= 0.6 is 0 Å². The van der Waals surface area contributed by atoms with E-state index >= 15 is 0 Å². The second kappa shape index (κ2) is 11.3. The Morgan fingerprint density at radius 3 is 1.97 bits per heavy atom. The highest BCUT2D eigenvalue weighted by molar-refractivity contribution is 7.89. The highest BCUT2D eigenvalue weighted by Crippen LogP contribution is 2.32. The summed E-state index contributed by atoms with van der Waals surface area (Å²) in [5, 5.41) is 0. The number of benzene rings is 3. The van der Waals surface area contributed by atoms with Gasteiger partial charge in [0.1, 0.15) is 0 Å². The summed E-state index contributed by atoms with van der Waals surface area (Å²) >= 11 is 0. The zero-order valence-electron chi connectivity index (χ0n) is 20.3. The zero-order valence-corrected chi connectivity index (χ0v) is 21.1. The third kappa shape index (κ3) is 5.96. The van der Waals surface area contributed by atoms with Gasteiger partial charge in [-0.05, 0) is 61.0 Å². The van der Waals surface area contributed by atoms with Gasteiger partial charge < -0.3 is 4.90 Å². The lowest BCUT2D eigenvalue weighted by atomic mass is 9.85. The maximum atomic E-state index is 13.2. The van der Waals surface area contributed by atoms with Gasteiger partial charge in [0.15, 0.2) is 0 Å². The number of hydrogen-bond acceptors (Lipinski definition) is 3. The zero-order chi connectivity index (χ0) is 24.0. The van der Waals surface area contributed by atoms with Crippen molar-refractivity contribution in [2.45, 2.75) is 36.5 Å². The molecule has 34 heavy (non-hydrogen) atoms. The van der Waals surface area contributed by atoms with Gasteiger partial charge in [0.2, 0.25) is 10.0 Å². The smallest absolute Gasteiger partial charge is 0.242 e. The third-order valence-electron chi connectivity index (χ3n) is 7.22. The van der Waals surface area contributed by atoms with Crippen molar-refractivity contribution in [1.82, 2.24) is 9.21 Å². The Balaban J connectivity index is 1.44. The lowest BCUT2D eigenvalue weighted by Gasteiger charge is -2.36. The monoisotopic (exact) mass is 476 g/mol. The molecule has 0 N–H and O–H groups in total. The molecule has 1 aliphatic rings. The van der Waals surface area contributed by atoms with Crippen LogP contribution in [0.2, 0.25) is 0 Å². The first-order valence-electron chi connectivity index (χ1n) is 12.3. The molecular weight excluding hydrogens is 440 g/mol. The SMILES string of the molecule is CC(CN1CCC(c2ccccc2)CC1)C(CN(C)S(=O)(=O)c1ccccc1)c1ccccc1. The number of nitrogens with zero attached hydrogens (tertiary/aromatic N) is 2. The quantitative estimate of drug-likeness (QED) is 0.403. The average molecular weight is 477 g/mol. The number of likely N-dealkylation sites (N-methyl/N-ethyl adjacent to an activating group) is 1. The minimum Gasteiger partial charge on any atom is -0.303 e. The summed E-state index contributed by atoms with van der Waals surface area (Å²) in [6, 6.07) is 30.0. The van der Waals surface area contributed by atoms with Gasteiger partial charge in [0.05, 0.1) is 4.90 Å². The summed E-state index contributed by atoms with van der Waals surface area (Å²) in [7, 11) is -1.82. The molecule has 2 unspecified atom stereocenters. The predicted octanol–water partition coefficient (Wildman–Crippen LogP) is 5.61. The van der Waals surface area contributed by atoms with Crippen LogP contribution in [0.3, 0.4) is 0 Å². The number of hydrogen-bond donors (Lipinski definition) is 0. The van der Waals surface area contributed by atoms with Crippen LogP contribution in [-0.2, 0) is 10.0 Å². The van der Waals surface area contributed by atoms with Crippen LogP contribution in [0, 0.1) is 5.92 Å². The van der Waals surface area contributed by atoms with Crippen LogP contribution in [0.1, 0.15) is 42.7 Å². The Hall–Kier alpha value is -2.47. The van der Waals surface area contributed by atoms with Gasteiger partial charge in [-0.25, -0.2) is 12.7 Å². The van der Waals surface area contributed by atoms with E-state index in [0.29, 0.717) is 23.3 Å². The van der Waals surface area contributed by atoms with Gasteiger partial charge >= 0.3 is 0 Å². The van der Waals surface area contributed by atoms with Crippen LogP contribution in [0.4, 0.5) is 0 Å². The topological polar surface area (TPSA) is 40.6 Å². The first-order valence-corrected chi connectivity index (χ1v) is 13.7. The Labute approximate surface area is 205 Å². The van der Waals surface area contributed by atoms with Gasteiger partial charge in [0, 0.05) is 26.1 Å². The second-order valence-corrected chi connectivity index (χ2v) is 11.6. The van der Waals surface area contributed by atoms with Crippen molar-refractivity contribution in [1.29, 1.82) is 0 Å². The van der Waals surface area contributed by atoms with E-state index in [1.807, 2.05) is 24.3 Å². The molecule has 1 aliphatic heterocycles. The van der Waals surface area contributed by atoms with E-state index in [1.54, 1.807) is 31.3 Å². The maximum Gasteiger partial charge on any atom is 0.242 e. The summed E-state index contributed by atoms with van der Waals surface area (Å²) in [5.74, 6) is 1.08. The molecule has 1 heterocycles. The highest BCUT2D eigenvalue weighted by Gasteiger charge is 2.29. The van der Waals surface area contributed by atoms with Crippen LogP contribution < -0.4 is 0 Å². The minimum atomic E-state index is -3.53. The maximum absolute atomic E-state index is 13.2. The fourth-order valence-electron chi connectivity index (χ4n) is 5.17. The van der Waals surface area contributed by atoms with Crippen molar-refractivity contribution in [3.63, 3.8) is 0 Å². The van der Waals surface area contributed by atoms with Gasteiger partial charge in [-0.2, -0.15) is 0 Å². The molecular formula is C29H36N2O2S. The molecule has 4 rings (SSSR count). The van der Waals surface area contributed by atoms with E-state index in [2.05, 4.69) is 54.3 Å². The van der Waals surface area contributed by atoms with Gasteiger partial charge in [-0.15, -0.1) is 0 Å². The Kier molecular flexibility index (Phi) is 8.19. The second-order valence-electron chi connectivity index (χ2n) is 9.58. The molecule has 0 spiro atoms. The van der Waals surface area contributed by atoms with Crippen LogP contribution in [0.5, 0.6) is 0 Å². The number of rotatable bonds is 9. The van der Waals surface area contributed by atoms with Crippen molar-refractivity contribution in [3.8, 4) is 0 Å². The van der Waals surface area contributed by atoms with E-state index in [9.17, 15) is 8.42 Å². The molecule has 0 aliphatic carbocycles. The van der Waals surface area contributed by atoms with Crippen molar-refractivity contribution in [2.75, 3.05) is 33.2 Å². The first kappa shape index (κ1) is 24.6. The Morgan fingerprint density at radius 2 is 1.38 bits per heavy atom. The molecule has 0 bridgehead atoms. The molecule has 3 aromatic rings. The molecule has 180 valence electrons. The molecule has 0 aromatic heterocycles. The van der Waals surface area contributed by atoms with Crippen molar-refractivity contribution in [3.05, 3.63) is 102 Å². The summed E-state index contributed by atoms with van der Waals surface area (Å²) in [5.41, 5.74) is 2.65. The highest BCUT2D eigenvalue weighted by atomic mass is 32.2. The number of sulfonamides is 1. The van der Waals surface area contributed by atoms with E-state index in [1.165, 1.54) is 28.3 Å². The summed E-state index contributed by atoms with van der Waals surface area (Å²) in [6.07, 6.45) is 2.35. The molecule has 5 heteroatoms. The van der Waals surface area contributed by atoms with Crippen LogP contribution in [-0.4, -0.2) is 50.8 Å². The molecule has 4 nitrogen and oxygen atoms in total. The van der Waals surface area contributed by atoms with E-state index in [-0.39, 0.29) is 5.92 Å². The normalized spacial score (nSPS) is 17.5. The summed E-state index contributed by atoms with van der Waals surface area (Å²) < 4.78 is 27.9. The lowest BCUT2D eigenvalue weighted by molar-refractivity contribution is 0.173. The molecule has 1 fully saturated rings. The van der Waals surface area contributed by atoms with Crippen molar-refractivity contribution in [2.24, 2.45) is 5.92 Å². The summed E-state index contributed by atoms with van der Waals surface area (Å²) in [6.45, 7) is 5.88. The first-order chi connectivity index (χ1) is 16.4. The fourth-order valence-corrected chi connectivity index (χ4v) is 6.39. The molecule has 3 aromatic carbocycles. The van der Waals surface area contributed by atoms with Crippen LogP contribution in [0.15, 0.2) is 95.9 Å². The molecule has 0 radical (unpaired) electrons. The predicted molar refractivity (Wildman–Crippen MR) is 139 cm³/mol. The van der Waals surface area contributed by atoms with Crippen molar-refractivity contribution >= 4 is 10.0 Å². The number of likely N-dealkylation sites (tertiary alicyclic amines) is 1. The average Bonchev–Trinajstić information content (AvgIpc) is 2.89. The fraction of sp³-hybridized carbons (Fsp3) is 0.379. The Bertz CT molecular complexity index is 1110.